The smallest absolute Gasteiger partial charge is 0.407 e. The summed E-state index contributed by atoms with van der Waals surface area (Å²) in [4.78, 5) is 37.2. The minimum atomic E-state index is -0.970. The summed E-state index contributed by atoms with van der Waals surface area (Å²) in [6.07, 6.45) is 6.10. The van der Waals surface area contributed by atoms with Gasteiger partial charge in [-0.25, -0.2) is 19.2 Å². The number of aromatic nitrogens is 3. The van der Waals surface area contributed by atoms with E-state index in [2.05, 4.69) is 9.97 Å². The second-order valence-electron chi connectivity index (χ2n) is 8.11. The van der Waals surface area contributed by atoms with Crippen molar-refractivity contribution in [3.8, 4) is 17.1 Å². The van der Waals surface area contributed by atoms with E-state index in [1.165, 1.54) is 11.0 Å². The zero-order chi connectivity index (χ0) is 24.5. The third-order valence-electron chi connectivity index (χ3n) is 6.11. The second kappa shape index (κ2) is 9.38. The number of hydrogen-bond acceptors (Lipinski definition) is 5. The molecule has 1 aliphatic rings. The highest BCUT2D eigenvalue weighted by molar-refractivity contribution is 7.98. The van der Waals surface area contributed by atoms with E-state index in [1.54, 1.807) is 53.3 Å². The van der Waals surface area contributed by atoms with E-state index in [0.717, 1.165) is 15.8 Å². The molecule has 35 heavy (non-hydrogen) atoms. The number of carbonyl (C=O) groups is 2. The van der Waals surface area contributed by atoms with Gasteiger partial charge in [-0.3, -0.25) is 9.36 Å². The summed E-state index contributed by atoms with van der Waals surface area (Å²) in [6.45, 7) is 1.28. The molecule has 0 radical (unpaired) electrons. The van der Waals surface area contributed by atoms with Crippen LogP contribution in [0.2, 0.25) is 0 Å². The van der Waals surface area contributed by atoms with Crippen LogP contribution in [-0.2, 0) is 0 Å². The Labute approximate surface area is 205 Å². The van der Waals surface area contributed by atoms with Crippen molar-refractivity contribution in [1.82, 2.24) is 24.3 Å². The van der Waals surface area contributed by atoms with Gasteiger partial charge in [-0.1, -0.05) is 24.3 Å². The molecule has 1 N–H and O–H groups in total. The highest BCUT2D eigenvalue weighted by atomic mass is 32.2. The lowest BCUT2D eigenvalue weighted by atomic mass is 10.1. The molecule has 178 valence electrons. The van der Waals surface area contributed by atoms with Gasteiger partial charge in [-0.05, 0) is 24.5 Å². The van der Waals surface area contributed by atoms with Crippen LogP contribution < -0.4 is 0 Å². The molecule has 0 atom stereocenters. The van der Waals surface area contributed by atoms with Crippen LogP contribution in [0.3, 0.4) is 0 Å². The predicted molar refractivity (Wildman–Crippen MR) is 132 cm³/mol. The molecule has 3 heterocycles. The SMILES string of the molecule is CSc1cn(-c2ncc(-c3ccccc3F)cn2)c2cc(C(=O)N3CCN(C(=O)O)CC3)ccc12. The molecule has 2 aromatic heterocycles. The van der Waals surface area contributed by atoms with Crippen molar-refractivity contribution in [2.75, 3.05) is 32.4 Å². The Morgan fingerprint density at radius 1 is 1.00 bits per heavy atom. The minimum absolute atomic E-state index is 0.147. The third kappa shape index (κ3) is 4.32. The molecule has 8 nitrogen and oxygen atoms in total. The number of hydrogen-bond donors (Lipinski definition) is 1. The number of halogens is 1. The maximum Gasteiger partial charge on any atom is 0.407 e. The van der Waals surface area contributed by atoms with Crippen molar-refractivity contribution in [3.05, 3.63) is 72.4 Å². The average Bonchev–Trinajstić information content (AvgIpc) is 3.27. The fourth-order valence-corrected chi connectivity index (χ4v) is 4.82. The van der Waals surface area contributed by atoms with Crippen LogP contribution in [0.5, 0.6) is 0 Å². The summed E-state index contributed by atoms with van der Waals surface area (Å²) in [5.74, 6) is -0.0754. The molecule has 0 aliphatic carbocycles. The first kappa shape index (κ1) is 22.9. The fraction of sp³-hybridized carbons (Fsp3) is 0.200. The fourth-order valence-electron chi connectivity index (χ4n) is 4.22. The molecule has 0 unspecified atom stereocenters. The Bertz CT molecular complexity index is 1410. The van der Waals surface area contributed by atoms with Gasteiger partial charge >= 0.3 is 6.09 Å². The zero-order valence-electron chi connectivity index (χ0n) is 18.9. The van der Waals surface area contributed by atoms with Crippen molar-refractivity contribution in [1.29, 1.82) is 0 Å². The number of amides is 2. The summed E-state index contributed by atoms with van der Waals surface area (Å²) >= 11 is 1.58. The van der Waals surface area contributed by atoms with Crippen LogP contribution in [0, 0.1) is 5.82 Å². The van der Waals surface area contributed by atoms with Gasteiger partial charge < -0.3 is 14.9 Å². The lowest BCUT2D eigenvalue weighted by molar-refractivity contribution is 0.0625. The van der Waals surface area contributed by atoms with Crippen molar-refractivity contribution in [2.45, 2.75) is 4.90 Å². The Morgan fingerprint density at radius 3 is 2.34 bits per heavy atom. The number of thioether (sulfide) groups is 1. The molecule has 10 heteroatoms. The quantitative estimate of drug-likeness (QED) is 0.426. The molecule has 2 amide bonds. The highest BCUT2D eigenvalue weighted by Gasteiger charge is 2.25. The zero-order valence-corrected chi connectivity index (χ0v) is 19.7. The molecule has 4 aromatic rings. The van der Waals surface area contributed by atoms with E-state index in [1.807, 2.05) is 29.2 Å². The Morgan fingerprint density at radius 2 is 1.69 bits per heavy atom. The summed E-state index contributed by atoms with van der Waals surface area (Å²) in [5.41, 5.74) is 2.29. The lowest BCUT2D eigenvalue weighted by Gasteiger charge is -2.33. The van der Waals surface area contributed by atoms with Crippen molar-refractivity contribution >= 4 is 34.7 Å². The molecule has 5 rings (SSSR count). The highest BCUT2D eigenvalue weighted by Crippen LogP contribution is 2.31. The van der Waals surface area contributed by atoms with E-state index in [4.69, 9.17) is 5.11 Å². The van der Waals surface area contributed by atoms with E-state index >= 15 is 0 Å². The van der Waals surface area contributed by atoms with Crippen LogP contribution in [0.15, 0.2) is 66.0 Å². The Kier molecular flexibility index (Phi) is 6.12. The van der Waals surface area contributed by atoms with Crippen molar-refractivity contribution in [2.24, 2.45) is 0 Å². The van der Waals surface area contributed by atoms with E-state index in [0.29, 0.717) is 48.8 Å². The third-order valence-corrected chi connectivity index (χ3v) is 6.88. The van der Waals surface area contributed by atoms with Gasteiger partial charge in [0.15, 0.2) is 0 Å². The first-order chi connectivity index (χ1) is 17.0. The summed E-state index contributed by atoms with van der Waals surface area (Å²) in [7, 11) is 0. The van der Waals surface area contributed by atoms with E-state index in [-0.39, 0.29) is 11.7 Å². The number of piperazine rings is 1. The molecule has 1 saturated heterocycles. The first-order valence-corrected chi connectivity index (χ1v) is 12.2. The number of fused-ring (bicyclic) bond motifs is 1. The molecule has 0 saturated carbocycles. The van der Waals surface area contributed by atoms with Gasteiger partial charge in [-0.2, -0.15) is 0 Å². The number of carboxylic acid groups (broad SMARTS) is 1. The molecular formula is C25H22FN5O3S. The monoisotopic (exact) mass is 491 g/mol. The Balaban J connectivity index is 1.47. The number of carbonyl (C=O) groups excluding carboxylic acids is 1. The molecule has 2 aromatic carbocycles. The number of nitrogens with zero attached hydrogens (tertiary/aromatic N) is 5. The normalized spacial score (nSPS) is 13.9. The van der Waals surface area contributed by atoms with Crippen LogP contribution in [0.1, 0.15) is 10.4 Å². The maximum absolute atomic E-state index is 14.2. The van der Waals surface area contributed by atoms with Gasteiger partial charge in [0.25, 0.3) is 5.91 Å². The molecule has 1 aliphatic heterocycles. The summed E-state index contributed by atoms with van der Waals surface area (Å²) < 4.78 is 16.0. The average molecular weight is 492 g/mol. The van der Waals surface area contributed by atoms with Gasteiger partial charge in [-0.15, -0.1) is 11.8 Å². The summed E-state index contributed by atoms with van der Waals surface area (Å²) in [5, 5.41) is 10.1. The van der Waals surface area contributed by atoms with E-state index in [9.17, 15) is 14.0 Å². The number of rotatable bonds is 4. The summed E-state index contributed by atoms with van der Waals surface area (Å²) in [6, 6.07) is 12.0. The molecule has 0 spiro atoms. The van der Waals surface area contributed by atoms with Gasteiger partial charge in [0.1, 0.15) is 5.82 Å². The molecule has 1 fully saturated rings. The van der Waals surface area contributed by atoms with Crippen LogP contribution in [0.4, 0.5) is 9.18 Å². The van der Waals surface area contributed by atoms with E-state index < -0.39 is 6.09 Å². The van der Waals surface area contributed by atoms with Crippen LogP contribution in [0.25, 0.3) is 28.0 Å². The van der Waals surface area contributed by atoms with Crippen molar-refractivity contribution < 1.29 is 19.1 Å². The van der Waals surface area contributed by atoms with Crippen molar-refractivity contribution in [3.63, 3.8) is 0 Å². The topological polar surface area (TPSA) is 91.6 Å². The van der Waals surface area contributed by atoms with Gasteiger partial charge in [0, 0.05) is 71.7 Å². The first-order valence-electron chi connectivity index (χ1n) is 11.0. The number of benzene rings is 2. The molecule has 0 bridgehead atoms. The van der Waals surface area contributed by atoms with Crippen LogP contribution in [-0.4, -0.2) is 73.9 Å². The Hall–Kier alpha value is -3.92. The van der Waals surface area contributed by atoms with Gasteiger partial charge in [0.05, 0.1) is 5.52 Å². The molecular weight excluding hydrogens is 469 g/mol. The largest absolute Gasteiger partial charge is 0.465 e. The van der Waals surface area contributed by atoms with Crippen LogP contribution >= 0.6 is 11.8 Å². The maximum atomic E-state index is 14.2. The minimum Gasteiger partial charge on any atom is -0.465 e. The van der Waals surface area contributed by atoms with Gasteiger partial charge in [0.2, 0.25) is 5.95 Å². The predicted octanol–water partition coefficient (Wildman–Crippen LogP) is 4.38. The second-order valence-corrected chi connectivity index (χ2v) is 8.96. The standard InChI is InChI=1S/C25H22FN5O3S/c1-35-22-15-31(24-27-13-17(14-28-24)18-4-2-3-5-20(18)26)21-12-16(6-7-19(21)22)23(32)29-8-10-30(11-9-29)25(33)34/h2-7,12-15H,8-11H2,1H3,(H,33,34). The lowest BCUT2D eigenvalue weighted by Crippen LogP contribution is -2.50.